The van der Waals surface area contributed by atoms with Gasteiger partial charge in [0.2, 0.25) is 11.8 Å². The van der Waals surface area contributed by atoms with Gasteiger partial charge in [-0.15, -0.1) is 0 Å². The fourth-order valence-electron chi connectivity index (χ4n) is 2.75. The van der Waals surface area contributed by atoms with E-state index in [4.69, 9.17) is 11.1 Å². The summed E-state index contributed by atoms with van der Waals surface area (Å²) in [6.45, 7) is 2.45. The van der Waals surface area contributed by atoms with Gasteiger partial charge in [0.05, 0.1) is 5.84 Å². The summed E-state index contributed by atoms with van der Waals surface area (Å²) in [5, 5.41) is 22.6. The van der Waals surface area contributed by atoms with Crippen molar-refractivity contribution in [2.75, 3.05) is 6.54 Å². The van der Waals surface area contributed by atoms with E-state index < -0.39 is 6.04 Å². The van der Waals surface area contributed by atoms with Crippen LogP contribution in [0, 0.1) is 5.41 Å². The molecule has 0 aliphatic carbocycles. The maximum absolute atomic E-state index is 12.4. The Hall–Kier alpha value is -2.57. The van der Waals surface area contributed by atoms with Crippen molar-refractivity contribution in [3.63, 3.8) is 0 Å². The van der Waals surface area contributed by atoms with Gasteiger partial charge in [-0.1, -0.05) is 50.8 Å². The fraction of sp³-hybridized carbons (Fsp3) is 0.550. The topological polar surface area (TPSA) is 128 Å². The van der Waals surface area contributed by atoms with Crippen LogP contribution in [0.25, 0.3) is 0 Å². The molecule has 2 amide bonds. The van der Waals surface area contributed by atoms with Crippen molar-refractivity contribution in [2.24, 2.45) is 5.73 Å². The number of carbonyl (C=O) groups excluding carboxylic acids is 2. The summed E-state index contributed by atoms with van der Waals surface area (Å²) in [4.78, 5) is 24.4. The van der Waals surface area contributed by atoms with Gasteiger partial charge >= 0.3 is 0 Å². The molecule has 1 rings (SSSR count). The predicted octanol–water partition coefficient (Wildman–Crippen LogP) is 2.22. The van der Waals surface area contributed by atoms with Crippen molar-refractivity contribution in [3.05, 3.63) is 29.8 Å². The third-order valence-electron chi connectivity index (χ3n) is 4.27. The maximum atomic E-state index is 12.4. The highest BCUT2D eigenvalue weighted by Crippen LogP contribution is 2.15. The minimum absolute atomic E-state index is 0.0238. The number of rotatable bonds is 13. The highest BCUT2D eigenvalue weighted by molar-refractivity contribution is 5.92. The van der Waals surface area contributed by atoms with Gasteiger partial charge in [-0.05, 0) is 24.5 Å². The lowest BCUT2D eigenvalue weighted by atomic mass is 10.1. The Balaban J connectivity index is 2.44. The third kappa shape index (κ3) is 9.63. The normalized spacial score (nSPS) is 11.6. The lowest BCUT2D eigenvalue weighted by molar-refractivity contribution is -0.128. The van der Waals surface area contributed by atoms with Crippen LogP contribution >= 0.6 is 0 Å². The molecule has 7 nitrogen and oxygen atoms in total. The molecule has 0 spiro atoms. The van der Waals surface area contributed by atoms with Crippen LogP contribution in [0.2, 0.25) is 0 Å². The van der Waals surface area contributed by atoms with Crippen LogP contribution < -0.4 is 16.4 Å². The van der Waals surface area contributed by atoms with E-state index in [1.807, 2.05) is 6.07 Å². The van der Waals surface area contributed by atoms with Crippen LogP contribution in [-0.2, 0) is 16.0 Å². The number of phenols is 1. The largest absolute Gasteiger partial charge is 0.508 e. The number of unbranched alkanes of at least 4 members (excludes halogenated alkanes) is 4. The first-order valence-electron chi connectivity index (χ1n) is 9.60. The molecule has 1 aromatic carbocycles. The first kappa shape index (κ1) is 22.5. The molecule has 0 bridgehead atoms. The number of hydrogen-bond acceptors (Lipinski definition) is 4. The molecule has 6 N–H and O–H groups in total. The average Bonchev–Trinajstić information content (AvgIpc) is 2.62. The van der Waals surface area contributed by atoms with Gasteiger partial charge in [0.15, 0.2) is 0 Å². The zero-order chi connectivity index (χ0) is 20.1. The number of carbonyl (C=O) groups is 2. The number of para-hydroxylation sites is 1. The quantitative estimate of drug-likeness (QED) is 0.205. The van der Waals surface area contributed by atoms with Crippen molar-refractivity contribution in [3.8, 4) is 5.75 Å². The first-order valence-corrected chi connectivity index (χ1v) is 9.60. The van der Waals surface area contributed by atoms with Gasteiger partial charge in [-0.3, -0.25) is 15.0 Å². The Morgan fingerprint density at radius 1 is 1.19 bits per heavy atom. The Morgan fingerprint density at radius 2 is 1.89 bits per heavy atom. The number of phenolic OH excluding ortho intramolecular Hbond substituents is 1. The van der Waals surface area contributed by atoms with Crippen LogP contribution in [-0.4, -0.2) is 35.3 Å². The van der Waals surface area contributed by atoms with E-state index >= 15 is 0 Å². The molecule has 150 valence electrons. The molecule has 27 heavy (non-hydrogen) atoms. The Morgan fingerprint density at radius 3 is 2.56 bits per heavy atom. The molecule has 0 radical (unpaired) electrons. The van der Waals surface area contributed by atoms with Gasteiger partial charge in [0, 0.05) is 19.4 Å². The maximum Gasteiger partial charge on any atom is 0.243 e. The summed E-state index contributed by atoms with van der Waals surface area (Å²) in [6, 6.07) is 6.08. The summed E-state index contributed by atoms with van der Waals surface area (Å²) >= 11 is 0. The number of hydrogen-bond donors (Lipinski definition) is 5. The van der Waals surface area contributed by atoms with E-state index in [2.05, 4.69) is 17.6 Å². The number of benzene rings is 1. The average molecular weight is 377 g/mol. The summed E-state index contributed by atoms with van der Waals surface area (Å²) in [5.41, 5.74) is 6.15. The molecule has 0 aliphatic rings. The molecule has 7 heteroatoms. The SMILES string of the molecule is CCCCCCCC(=O)N[C@H](CC(=N)N)C(=O)NCCc1ccccc1O. The number of aromatic hydroxyl groups is 1. The van der Waals surface area contributed by atoms with Crippen LogP contribution in [0.1, 0.15) is 57.4 Å². The Bertz CT molecular complexity index is 619. The second-order valence-electron chi connectivity index (χ2n) is 6.68. The van der Waals surface area contributed by atoms with Gasteiger partial charge < -0.3 is 21.5 Å². The van der Waals surface area contributed by atoms with Crippen LogP contribution in [0.4, 0.5) is 0 Å². The van der Waals surface area contributed by atoms with E-state index in [0.29, 0.717) is 19.4 Å². The van der Waals surface area contributed by atoms with E-state index in [9.17, 15) is 14.7 Å². The lowest BCUT2D eigenvalue weighted by Gasteiger charge is -2.18. The van der Waals surface area contributed by atoms with Gasteiger partial charge in [-0.2, -0.15) is 0 Å². The molecule has 1 aromatic rings. The fourth-order valence-corrected chi connectivity index (χ4v) is 2.75. The van der Waals surface area contributed by atoms with E-state index in [0.717, 1.165) is 37.7 Å². The molecule has 0 aliphatic heterocycles. The standard InChI is InChI=1S/C20H32N4O3/c1-2-3-4-5-6-11-19(26)24-16(14-18(21)22)20(27)23-13-12-15-9-7-8-10-17(15)25/h7-10,16,25H,2-6,11-14H2,1H3,(H3,21,22)(H,23,27)(H,24,26)/t16-/m1/s1. The van der Waals surface area contributed by atoms with Crippen LogP contribution in [0.5, 0.6) is 5.75 Å². The number of amides is 2. The van der Waals surface area contributed by atoms with Crippen molar-refractivity contribution in [2.45, 2.75) is 64.3 Å². The number of nitrogens with two attached hydrogens (primary N) is 1. The summed E-state index contributed by atoms with van der Waals surface area (Å²) < 4.78 is 0. The highest BCUT2D eigenvalue weighted by Gasteiger charge is 2.21. The van der Waals surface area contributed by atoms with Crippen molar-refractivity contribution in [1.82, 2.24) is 10.6 Å². The zero-order valence-corrected chi connectivity index (χ0v) is 16.1. The Kier molecular flexibility index (Phi) is 10.6. The monoisotopic (exact) mass is 376 g/mol. The molecule has 0 heterocycles. The van der Waals surface area contributed by atoms with Gasteiger partial charge in [0.1, 0.15) is 11.8 Å². The molecular weight excluding hydrogens is 344 g/mol. The third-order valence-corrected chi connectivity index (χ3v) is 4.27. The minimum Gasteiger partial charge on any atom is -0.508 e. The summed E-state index contributed by atoms with van der Waals surface area (Å²) in [7, 11) is 0. The highest BCUT2D eigenvalue weighted by atomic mass is 16.3. The molecule has 0 saturated heterocycles. The van der Waals surface area contributed by atoms with Gasteiger partial charge in [-0.25, -0.2) is 0 Å². The number of nitrogens with one attached hydrogen (secondary N) is 3. The molecule has 0 saturated carbocycles. The summed E-state index contributed by atoms with van der Waals surface area (Å²) in [5.74, 6) is -0.545. The molecule has 0 unspecified atom stereocenters. The minimum atomic E-state index is -0.852. The first-order chi connectivity index (χ1) is 12.9. The second-order valence-corrected chi connectivity index (χ2v) is 6.68. The lowest BCUT2D eigenvalue weighted by Crippen LogP contribution is -2.48. The predicted molar refractivity (Wildman–Crippen MR) is 107 cm³/mol. The van der Waals surface area contributed by atoms with E-state index in [-0.39, 0.29) is 29.8 Å². The zero-order valence-electron chi connectivity index (χ0n) is 16.1. The van der Waals surface area contributed by atoms with Crippen LogP contribution in [0.15, 0.2) is 24.3 Å². The van der Waals surface area contributed by atoms with Gasteiger partial charge in [0.25, 0.3) is 0 Å². The molecule has 1 atom stereocenters. The van der Waals surface area contributed by atoms with Crippen molar-refractivity contribution >= 4 is 17.6 Å². The van der Waals surface area contributed by atoms with Crippen molar-refractivity contribution in [1.29, 1.82) is 5.41 Å². The smallest absolute Gasteiger partial charge is 0.243 e. The molecular formula is C20H32N4O3. The van der Waals surface area contributed by atoms with E-state index in [1.54, 1.807) is 18.2 Å². The summed E-state index contributed by atoms with van der Waals surface area (Å²) in [6.07, 6.45) is 6.00. The molecule has 0 fully saturated rings. The molecule has 0 aromatic heterocycles. The Labute approximate surface area is 161 Å². The number of amidine groups is 1. The second kappa shape index (κ2) is 12.7. The van der Waals surface area contributed by atoms with Crippen LogP contribution in [0.3, 0.4) is 0 Å². The van der Waals surface area contributed by atoms with Crippen molar-refractivity contribution < 1.29 is 14.7 Å². The van der Waals surface area contributed by atoms with E-state index in [1.165, 1.54) is 0 Å².